The summed E-state index contributed by atoms with van der Waals surface area (Å²) in [5, 5.41) is 5.50. The van der Waals surface area contributed by atoms with E-state index in [9.17, 15) is 14.4 Å². The maximum atomic E-state index is 12.6. The van der Waals surface area contributed by atoms with Crippen LogP contribution in [0.4, 0.5) is 11.4 Å². The third-order valence-corrected chi connectivity index (χ3v) is 4.15. The summed E-state index contributed by atoms with van der Waals surface area (Å²) in [6.45, 7) is 3.86. The fourth-order valence-electron chi connectivity index (χ4n) is 2.60. The molecule has 7 heteroatoms. The zero-order chi connectivity index (χ0) is 20.8. The van der Waals surface area contributed by atoms with E-state index < -0.39 is 11.9 Å². The molecule has 0 unspecified atom stereocenters. The van der Waals surface area contributed by atoms with Gasteiger partial charge in [0.1, 0.15) is 0 Å². The SMILES string of the molecule is CCOC(=O)c1ccc(NC(=O)c2ccc(C)c(NC(=O)c3ccco3)c2)cc1. The van der Waals surface area contributed by atoms with Gasteiger partial charge >= 0.3 is 5.97 Å². The summed E-state index contributed by atoms with van der Waals surface area (Å²) in [5.41, 5.74) is 2.63. The minimum atomic E-state index is -0.416. The Kier molecular flexibility index (Phi) is 6.09. The molecule has 0 aliphatic carbocycles. The number of amides is 2. The van der Waals surface area contributed by atoms with Crippen LogP contribution in [0.15, 0.2) is 65.3 Å². The number of furan rings is 1. The van der Waals surface area contributed by atoms with Crippen molar-refractivity contribution in [2.24, 2.45) is 0 Å². The maximum Gasteiger partial charge on any atom is 0.338 e. The molecule has 2 amide bonds. The number of carbonyl (C=O) groups excluding carboxylic acids is 3. The average Bonchev–Trinajstić information content (AvgIpc) is 3.25. The van der Waals surface area contributed by atoms with Gasteiger partial charge in [-0.1, -0.05) is 6.07 Å². The monoisotopic (exact) mass is 392 g/mol. The van der Waals surface area contributed by atoms with Crippen LogP contribution in [-0.4, -0.2) is 24.4 Å². The minimum Gasteiger partial charge on any atom is -0.462 e. The highest BCUT2D eigenvalue weighted by Gasteiger charge is 2.14. The predicted octanol–water partition coefficient (Wildman–Crippen LogP) is 4.27. The van der Waals surface area contributed by atoms with Crippen LogP contribution in [0.1, 0.15) is 43.8 Å². The van der Waals surface area contributed by atoms with Crippen molar-refractivity contribution in [2.75, 3.05) is 17.2 Å². The quantitative estimate of drug-likeness (QED) is 0.611. The minimum absolute atomic E-state index is 0.181. The van der Waals surface area contributed by atoms with E-state index in [1.807, 2.05) is 6.92 Å². The summed E-state index contributed by atoms with van der Waals surface area (Å²) in [5.74, 6) is -0.977. The summed E-state index contributed by atoms with van der Waals surface area (Å²) < 4.78 is 10.0. The Morgan fingerprint density at radius 3 is 2.31 bits per heavy atom. The summed E-state index contributed by atoms with van der Waals surface area (Å²) in [7, 11) is 0. The van der Waals surface area contributed by atoms with Gasteiger partial charge in [-0.2, -0.15) is 0 Å². The second kappa shape index (κ2) is 8.88. The highest BCUT2D eigenvalue weighted by Crippen LogP contribution is 2.20. The van der Waals surface area contributed by atoms with Gasteiger partial charge < -0.3 is 19.8 Å². The lowest BCUT2D eigenvalue weighted by molar-refractivity contribution is 0.0526. The Labute approximate surface area is 167 Å². The van der Waals surface area contributed by atoms with Gasteiger partial charge in [0.05, 0.1) is 18.4 Å². The number of esters is 1. The van der Waals surface area contributed by atoms with E-state index >= 15 is 0 Å². The average molecular weight is 392 g/mol. The number of hydrogen-bond donors (Lipinski definition) is 2. The van der Waals surface area contributed by atoms with Gasteiger partial charge in [0.25, 0.3) is 11.8 Å². The fraction of sp³-hybridized carbons (Fsp3) is 0.136. The molecular formula is C22H20N2O5. The van der Waals surface area contributed by atoms with E-state index in [1.54, 1.807) is 61.5 Å². The number of rotatable bonds is 6. The Balaban J connectivity index is 1.71. The maximum absolute atomic E-state index is 12.6. The molecule has 1 heterocycles. The topological polar surface area (TPSA) is 97.6 Å². The van der Waals surface area contributed by atoms with Crippen molar-refractivity contribution in [3.63, 3.8) is 0 Å². The first-order valence-corrected chi connectivity index (χ1v) is 9.02. The molecule has 0 bridgehead atoms. The molecule has 0 aliphatic rings. The number of ether oxygens (including phenoxy) is 1. The summed E-state index contributed by atoms with van der Waals surface area (Å²) in [4.78, 5) is 36.5. The van der Waals surface area contributed by atoms with Gasteiger partial charge in [0, 0.05) is 16.9 Å². The lowest BCUT2D eigenvalue weighted by Crippen LogP contribution is -2.15. The van der Waals surface area contributed by atoms with Crippen LogP contribution in [0.3, 0.4) is 0 Å². The third-order valence-electron chi connectivity index (χ3n) is 4.15. The normalized spacial score (nSPS) is 10.3. The van der Waals surface area contributed by atoms with E-state index in [2.05, 4.69) is 10.6 Å². The van der Waals surface area contributed by atoms with Crippen LogP contribution in [0.25, 0.3) is 0 Å². The second-order valence-corrected chi connectivity index (χ2v) is 6.21. The predicted molar refractivity (Wildman–Crippen MR) is 108 cm³/mol. The first-order chi connectivity index (χ1) is 14.0. The molecule has 3 aromatic rings. The van der Waals surface area contributed by atoms with Gasteiger partial charge in [-0.3, -0.25) is 9.59 Å². The molecule has 1 aromatic heterocycles. The first-order valence-electron chi connectivity index (χ1n) is 9.02. The van der Waals surface area contributed by atoms with Crippen molar-refractivity contribution in [1.82, 2.24) is 0 Å². The van der Waals surface area contributed by atoms with Crippen LogP contribution in [0.2, 0.25) is 0 Å². The molecule has 0 aliphatic heterocycles. The molecule has 2 N–H and O–H groups in total. The van der Waals surface area contributed by atoms with Crippen molar-refractivity contribution in [3.05, 3.63) is 83.3 Å². The highest BCUT2D eigenvalue weighted by atomic mass is 16.5. The molecule has 0 spiro atoms. The number of benzene rings is 2. The molecule has 148 valence electrons. The highest BCUT2D eigenvalue weighted by molar-refractivity contribution is 6.07. The van der Waals surface area contributed by atoms with E-state index in [-0.39, 0.29) is 11.7 Å². The van der Waals surface area contributed by atoms with Crippen LogP contribution in [0.5, 0.6) is 0 Å². The Morgan fingerprint density at radius 1 is 0.931 bits per heavy atom. The van der Waals surface area contributed by atoms with Crippen LogP contribution < -0.4 is 10.6 Å². The smallest absolute Gasteiger partial charge is 0.338 e. The zero-order valence-electron chi connectivity index (χ0n) is 16.0. The molecule has 29 heavy (non-hydrogen) atoms. The van der Waals surface area contributed by atoms with Gasteiger partial charge in [0.2, 0.25) is 0 Å². The molecular weight excluding hydrogens is 372 g/mol. The number of nitrogens with one attached hydrogen (secondary N) is 2. The third kappa shape index (κ3) is 4.90. The van der Waals surface area contributed by atoms with Crippen LogP contribution in [-0.2, 0) is 4.74 Å². The summed E-state index contributed by atoms with van der Waals surface area (Å²) >= 11 is 0. The Morgan fingerprint density at radius 2 is 1.66 bits per heavy atom. The second-order valence-electron chi connectivity index (χ2n) is 6.21. The molecule has 7 nitrogen and oxygen atoms in total. The van der Waals surface area contributed by atoms with E-state index in [1.165, 1.54) is 6.26 Å². The van der Waals surface area contributed by atoms with Crippen LogP contribution in [0, 0.1) is 6.92 Å². The lowest BCUT2D eigenvalue weighted by Gasteiger charge is -2.11. The Hall–Kier alpha value is -3.87. The Bertz CT molecular complexity index is 1020. The number of aryl methyl sites for hydroxylation is 1. The van der Waals surface area contributed by atoms with E-state index in [0.717, 1.165) is 5.56 Å². The first kappa shape index (κ1) is 19.9. The van der Waals surface area contributed by atoms with Crippen molar-refractivity contribution in [1.29, 1.82) is 0 Å². The summed E-state index contributed by atoms with van der Waals surface area (Å²) in [6, 6.07) is 14.6. The van der Waals surface area contributed by atoms with Gasteiger partial charge in [-0.25, -0.2) is 4.79 Å². The standard InChI is InChI=1S/C22H20N2O5/c1-3-28-22(27)15-8-10-17(11-9-15)23-20(25)16-7-6-14(2)18(13-16)24-21(26)19-5-4-12-29-19/h4-13H,3H2,1-2H3,(H,23,25)(H,24,26). The lowest BCUT2D eigenvalue weighted by atomic mass is 10.1. The van der Waals surface area contributed by atoms with Crippen molar-refractivity contribution >= 4 is 29.2 Å². The fourth-order valence-corrected chi connectivity index (χ4v) is 2.60. The van der Waals surface area contributed by atoms with Crippen molar-refractivity contribution in [3.8, 4) is 0 Å². The number of carbonyl (C=O) groups is 3. The van der Waals surface area contributed by atoms with Gasteiger partial charge in [0.15, 0.2) is 5.76 Å². The van der Waals surface area contributed by atoms with Gasteiger partial charge in [-0.05, 0) is 67.9 Å². The molecule has 0 saturated heterocycles. The van der Waals surface area contributed by atoms with Crippen molar-refractivity contribution in [2.45, 2.75) is 13.8 Å². The van der Waals surface area contributed by atoms with E-state index in [0.29, 0.717) is 29.1 Å². The summed E-state index contributed by atoms with van der Waals surface area (Å²) in [6.07, 6.45) is 1.42. The van der Waals surface area contributed by atoms with Gasteiger partial charge in [-0.15, -0.1) is 0 Å². The molecule has 3 rings (SSSR count). The number of anilines is 2. The molecule has 2 aromatic carbocycles. The number of hydrogen-bond acceptors (Lipinski definition) is 5. The zero-order valence-corrected chi connectivity index (χ0v) is 16.0. The largest absolute Gasteiger partial charge is 0.462 e. The molecule has 0 fully saturated rings. The molecule has 0 atom stereocenters. The molecule has 0 radical (unpaired) electrons. The van der Waals surface area contributed by atoms with Crippen LogP contribution >= 0.6 is 0 Å². The van der Waals surface area contributed by atoms with Crippen molar-refractivity contribution < 1.29 is 23.5 Å². The molecule has 0 saturated carbocycles. The van der Waals surface area contributed by atoms with E-state index in [4.69, 9.17) is 9.15 Å².